The van der Waals surface area contributed by atoms with Crippen molar-refractivity contribution in [3.63, 3.8) is 0 Å². The number of benzene rings is 1. The Kier molecular flexibility index (Phi) is 8.26. The molecule has 0 radical (unpaired) electrons. The number of rotatable bonds is 9. The minimum absolute atomic E-state index is 0.105. The summed E-state index contributed by atoms with van der Waals surface area (Å²) in [7, 11) is 0. The molecule has 1 aromatic carbocycles. The highest BCUT2D eigenvalue weighted by Gasteiger charge is 2.31. The van der Waals surface area contributed by atoms with Crippen LogP contribution < -0.4 is 10.6 Å². The van der Waals surface area contributed by atoms with Crippen LogP contribution in [0, 0.1) is 5.92 Å². The van der Waals surface area contributed by atoms with Gasteiger partial charge in [-0.15, -0.1) is 0 Å². The van der Waals surface area contributed by atoms with E-state index in [-0.39, 0.29) is 17.9 Å². The first-order valence-electron chi connectivity index (χ1n) is 11.8. The zero-order valence-corrected chi connectivity index (χ0v) is 19.6. The maximum atomic E-state index is 12.9. The standard InChI is InChI=1S/C26H36N4O2/c1-4-21(5-2)26(32)30-17-16-29(18-19(30)3)24-15-14-22(25(27)31)23(28-24)13-9-12-20-10-7-6-8-11-20/h6-8,10-11,14-15,19,21H,4-5,9,12-13,16-18H2,1-3H3,(H2,27,31). The minimum Gasteiger partial charge on any atom is -0.366 e. The first-order valence-corrected chi connectivity index (χ1v) is 11.8. The van der Waals surface area contributed by atoms with Crippen molar-refractivity contribution in [1.29, 1.82) is 0 Å². The number of aromatic nitrogens is 1. The van der Waals surface area contributed by atoms with Crippen molar-refractivity contribution in [1.82, 2.24) is 9.88 Å². The van der Waals surface area contributed by atoms with Crippen LogP contribution in [-0.4, -0.2) is 47.4 Å². The van der Waals surface area contributed by atoms with Crippen molar-refractivity contribution in [2.24, 2.45) is 11.7 Å². The summed E-state index contributed by atoms with van der Waals surface area (Å²) in [5.74, 6) is 0.785. The Morgan fingerprint density at radius 2 is 1.78 bits per heavy atom. The highest BCUT2D eigenvalue weighted by atomic mass is 16.2. The average Bonchev–Trinajstić information content (AvgIpc) is 2.80. The van der Waals surface area contributed by atoms with Gasteiger partial charge in [-0.25, -0.2) is 4.98 Å². The quantitative estimate of drug-likeness (QED) is 0.648. The number of aryl methyl sites for hydroxylation is 2. The third-order valence-corrected chi connectivity index (χ3v) is 6.52. The second-order valence-electron chi connectivity index (χ2n) is 8.71. The van der Waals surface area contributed by atoms with Gasteiger partial charge in [0.1, 0.15) is 5.82 Å². The second kappa shape index (κ2) is 11.1. The Morgan fingerprint density at radius 1 is 1.06 bits per heavy atom. The van der Waals surface area contributed by atoms with E-state index in [1.165, 1.54) is 5.56 Å². The van der Waals surface area contributed by atoms with E-state index >= 15 is 0 Å². The van der Waals surface area contributed by atoms with Crippen LogP contribution in [0.2, 0.25) is 0 Å². The molecule has 0 aliphatic carbocycles. The molecule has 2 aromatic rings. The fourth-order valence-corrected chi connectivity index (χ4v) is 4.55. The molecule has 1 aliphatic heterocycles. The molecule has 172 valence electrons. The van der Waals surface area contributed by atoms with Crippen LogP contribution in [-0.2, 0) is 17.6 Å². The van der Waals surface area contributed by atoms with Crippen LogP contribution >= 0.6 is 0 Å². The number of carbonyl (C=O) groups excluding carboxylic acids is 2. The van der Waals surface area contributed by atoms with Gasteiger partial charge < -0.3 is 15.5 Å². The molecule has 0 saturated carbocycles. The predicted octanol–water partition coefficient (Wildman–Crippen LogP) is 3.83. The number of hydrogen-bond acceptors (Lipinski definition) is 4. The fraction of sp³-hybridized carbons (Fsp3) is 0.500. The van der Waals surface area contributed by atoms with Crippen LogP contribution in [0.5, 0.6) is 0 Å². The summed E-state index contributed by atoms with van der Waals surface area (Å²) < 4.78 is 0. The van der Waals surface area contributed by atoms with Gasteiger partial charge in [0.15, 0.2) is 0 Å². The lowest BCUT2D eigenvalue weighted by Gasteiger charge is -2.41. The molecular weight excluding hydrogens is 400 g/mol. The van der Waals surface area contributed by atoms with Crippen LogP contribution in [0.4, 0.5) is 5.82 Å². The topological polar surface area (TPSA) is 79.5 Å². The zero-order valence-electron chi connectivity index (χ0n) is 19.6. The Morgan fingerprint density at radius 3 is 2.41 bits per heavy atom. The van der Waals surface area contributed by atoms with Gasteiger partial charge in [-0.1, -0.05) is 44.2 Å². The van der Waals surface area contributed by atoms with Gasteiger partial charge >= 0.3 is 0 Å². The average molecular weight is 437 g/mol. The highest BCUT2D eigenvalue weighted by molar-refractivity contribution is 5.94. The molecule has 2 amide bonds. The molecule has 2 N–H and O–H groups in total. The highest BCUT2D eigenvalue weighted by Crippen LogP contribution is 2.23. The molecule has 1 fully saturated rings. The van der Waals surface area contributed by atoms with E-state index in [1.54, 1.807) is 6.07 Å². The lowest BCUT2D eigenvalue weighted by atomic mass is 10.00. The Labute approximate surface area is 191 Å². The number of anilines is 1. The van der Waals surface area contributed by atoms with Crippen LogP contribution in [0.3, 0.4) is 0 Å². The van der Waals surface area contributed by atoms with Gasteiger partial charge in [0.25, 0.3) is 5.91 Å². The number of nitrogens with two attached hydrogens (primary N) is 1. The third kappa shape index (κ3) is 5.67. The molecule has 0 spiro atoms. The fourth-order valence-electron chi connectivity index (χ4n) is 4.55. The van der Waals surface area contributed by atoms with Gasteiger partial charge in [-0.3, -0.25) is 9.59 Å². The Bertz CT molecular complexity index is 911. The van der Waals surface area contributed by atoms with Crippen LogP contribution in [0.15, 0.2) is 42.5 Å². The SMILES string of the molecule is CCC(CC)C(=O)N1CCN(c2ccc(C(N)=O)c(CCCc3ccccc3)n2)CC1C. The number of pyridine rings is 1. The molecule has 1 aliphatic rings. The second-order valence-corrected chi connectivity index (χ2v) is 8.71. The van der Waals surface area contributed by atoms with Gasteiger partial charge in [-0.2, -0.15) is 0 Å². The number of nitrogens with zero attached hydrogens (tertiary/aromatic N) is 3. The zero-order chi connectivity index (χ0) is 23.1. The lowest BCUT2D eigenvalue weighted by molar-refractivity contribution is -0.138. The van der Waals surface area contributed by atoms with Crippen molar-refractivity contribution in [2.75, 3.05) is 24.5 Å². The van der Waals surface area contributed by atoms with Gasteiger partial charge in [-0.05, 0) is 56.7 Å². The van der Waals surface area contributed by atoms with Crippen molar-refractivity contribution in [2.45, 2.75) is 58.9 Å². The number of amides is 2. The van der Waals surface area contributed by atoms with Crippen molar-refractivity contribution in [3.8, 4) is 0 Å². The van der Waals surface area contributed by atoms with E-state index in [0.717, 1.165) is 50.3 Å². The molecule has 32 heavy (non-hydrogen) atoms. The maximum Gasteiger partial charge on any atom is 0.250 e. The monoisotopic (exact) mass is 436 g/mol. The summed E-state index contributed by atoms with van der Waals surface area (Å²) in [4.78, 5) is 33.9. The lowest BCUT2D eigenvalue weighted by Crippen LogP contribution is -2.55. The molecular formula is C26H36N4O2. The largest absolute Gasteiger partial charge is 0.366 e. The molecule has 1 aromatic heterocycles. The van der Waals surface area contributed by atoms with Gasteiger partial charge in [0.2, 0.25) is 5.91 Å². The molecule has 6 nitrogen and oxygen atoms in total. The Balaban J connectivity index is 1.69. The summed E-state index contributed by atoms with van der Waals surface area (Å²) in [5, 5.41) is 0. The maximum absolute atomic E-state index is 12.9. The van der Waals surface area contributed by atoms with E-state index in [2.05, 4.69) is 37.8 Å². The van der Waals surface area contributed by atoms with Gasteiger partial charge in [0, 0.05) is 31.6 Å². The van der Waals surface area contributed by atoms with E-state index in [9.17, 15) is 9.59 Å². The molecule has 3 rings (SSSR count). The predicted molar refractivity (Wildman–Crippen MR) is 129 cm³/mol. The third-order valence-electron chi connectivity index (χ3n) is 6.52. The van der Waals surface area contributed by atoms with Crippen molar-refractivity contribution < 1.29 is 9.59 Å². The Hall–Kier alpha value is -2.89. The van der Waals surface area contributed by atoms with E-state index in [1.807, 2.05) is 29.2 Å². The number of hydrogen-bond donors (Lipinski definition) is 1. The summed E-state index contributed by atoms with van der Waals surface area (Å²) in [6.45, 7) is 8.43. The molecule has 2 heterocycles. The number of piperazine rings is 1. The van der Waals surface area contributed by atoms with Crippen molar-refractivity contribution >= 4 is 17.6 Å². The molecule has 1 unspecified atom stereocenters. The summed E-state index contributed by atoms with van der Waals surface area (Å²) in [5.41, 5.74) is 8.15. The first-order chi connectivity index (χ1) is 15.4. The molecule has 1 atom stereocenters. The normalized spacial score (nSPS) is 16.4. The summed E-state index contributed by atoms with van der Waals surface area (Å²) in [6.07, 6.45) is 4.28. The van der Waals surface area contributed by atoms with E-state index in [4.69, 9.17) is 10.7 Å². The van der Waals surface area contributed by atoms with Crippen LogP contribution in [0.1, 0.15) is 61.6 Å². The smallest absolute Gasteiger partial charge is 0.250 e. The number of carbonyl (C=O) groups is 2. The molecule has 6 heteroatoms. The van der Waals surface area contributed by atoms with Crippen molar-refractivity contribution in [3.05, 3.63) is 59.3 Å². The first kappa shape index (κ1) is 23.8. The molecule has 0 bridgehead atoms. The van der Waals surface area contributed by atoms with E-state index < -0.39 is 5.91 Å². The van der Waals surface area contributed by atoms with Gasteiger partial charge in [0.05, 0.1) is 11.3 Å². The number of primary amides is 1. The summed E-state index contributed by atoms with van der Waals surface area (Å²) >= 11 is 0. The van der Waals surface area contributed by atoms with Crippen LogP contribution in [0.25, 0.3) is 0 Å². The summed E-state index contributed by atoms with van der Waals surface area (Å²) in [6, 6.07) is 14.1. The molecule has 1 saturated heterocycles. The van der Waals surface area contributed by atoms with E-state index in [0.29, 0.717) is 18.5 Å². The minimum atomic E-state index is -0.437.